The molecule has 1 N–H and O–H groups in total. The smallest absolute Gasteiger partial charge is 0.326 e. The van der Waals surface area contributed by atoms with Gasteiger partial charge in [0.2, 0.25) is 0 Å². The molecule has 1 fully saturated rings. The van der Waals surface area contributed by atoms with Crippen molar-refractivity contribution in [3.05, 3.63) is 82.9 Å². The maximum Gasteiger partial charge on any atom is 0.326 e. The molecule has 1 saturated heterocycles. The Hall–Kier alpha value is -3.19. The van der Waals surface area contributed by atoms with Crippen LogP contribution in [0.2, 0.25) is 0 Å². The second kappa shape index (κ2) is 8.87. The first-order valence-electron chi connectivity index (χ1n) is 9.59. The summed E-state index contributed by atoms with van der Waals surface area (Å²) in [7, 11) is 0. The third-order valence-corrected chi connectivity index (χ3v) is 5.72. The molecular weight excluding hydrogens is 384 g/mol. The van der Waals surface area contributed by atoms with Crippen LogP contribution < -0.4 is 10.2 Å². The van der Waals surface area contributed by atoms with E-state index in [-0.39, 0.29) is 11.9 Å². The number of carbonyl (C=O) groups excluding carboxylic acids is 2. The molecule has 0 spiro atoms. The molecule has 148 valence electrons. The number of amides is 3. The van der Waals surface area contributed by atoms with Gasteiger partial charge in [-0.25, -0.2) is 9.78 Å². The van der Waals surface area contributed by atoms with Crippen molar-refractivity contribution in [2.75, 3.05) is 24.5 Å². The highest BCUT2D eigenvalue weighted by molar-refractivity contribution is 7.14. The maximum atomic E-state index is 12.7. The standard InChI is InChI=1S/C22H22N4O2S/c27-20(23-15-18-9-5-2-6-10-18)19-16-29-21(24-19)26-14-13-25(22(26)28)12-11-17-7-3-1-4-8-17/h1-10,16H,11-15H2,(H,23,27). The number of aromatic nitrogens is 1. The Labute approximate surface area is 173 Å². The Bertz CT molecular complexity index is 975. The van der Waals surface area contributed by atoms with E-state index in [9.17, 15) is 9.59 Å². The van der Waals surface area contributed by atoms with E-state index in [1.54, 1.807) is 10.3 Å². The maximum absolute atomic E-state index is 12.7. The zero-order valence-corrected chi connectivity index (χ0v) is 16.8. The number of rotatable bonds is 7. The lowest BCUT2D eigenvalue weighted by atomic mass is 10.1. The minimum absolute atomic E-state index is 0.0495. The number of thiazole rings is 1. The monoisotopic (exact) mass is 406 g/mol. The van der Waals surface area contributed by atoms with Gasteiger partial charge in [-0.05, 0) is 17.5 Å². The van der Waals surface area contributed by atoms with E-state index in [0.29, 0.717) is 37.0 Å². The molecule has 0 radical (unpaired) electrons. The summed E-state index contributed by atoms with van der Waals surface area (Å²) in [4.78, 5) is 33.0. The van der Waals surface area contributed by atoms with Gasteiger partial charge in [0.1, 0.15) is 5.69 Å². The van der Waals surface area contributed by atoms with Crippen LogP contribution in [0, 0.1) is 0 Å². The number of hydrogen-bond acceptors (Lipinski definition) is 4. The van der Waals surface area contributed by atoms with Crippen LogP contribution in [0.3, 0.4) is 0 Å². The highest BCUT2D eigenvalue weighted by atomic mass is 32.1. The lowest BCUT2D eigenvalue weighted by Gasteiger charge is -2.16. The Morgan fingerprint density at radius 3 is 2.41 bits per heavy atom. The number of urea groups is 1. The fourth-order valence-electron chi connectivity index (χ4n) is 3.24. The summed E-state index contributed by atoms with van der Waals surface area (Å²) in [5.74, 6) is -0.232. The molecule has 0 bridgehead atoms. The van der Waals surface area contributed by atoms with Gasteiger partial charge in [0.25, 0.3) is 5.91 Å². The van der Waals surface area contributed by atoms with Gasteiger partial charge in [-0.3, -0.25) is 9.69 Å². The summed E-state index contributed by atoms with van der Waals surface area (Å²) in [6.07, 6.45) is 0.825. The van der Waals surface area contributed by atoms with E-state index in [0.717, 1.165) is 12.0 Å². The minimum atomic E-state index is -0.232. The van der Waals surface area contributed by atoms with Crippen LogP contribution in [0.4, 0.5) is 9.93 Å². The number of nitrogens with zero attached hydrogens (tertiary/aromatic N) is 3. The van der Waals surface area contributed by atoms with E-state index in [1.807, 2.05) is 53.4 Å². The van der Waals surface area contributed by atoms with E-state index in [2.05, 4.69) is 22.4 Å². The predicted octanol–water partition coefficient (Wildman–Crippen LogP) is 3.56. The van der Waals surface area contributed by atoms with Crippen molar-refractivity contribution in [1.82, 2.24) is 15.2 Å². The van der Waals surface area contributed by atoms with Gasteiger partial charge in [-0.1, -0.05) is 60.7 Å². The predicted molar refractivity (Wildman–Crippen MR) is 114 cm³/mol. The van der Waals surface area contributed by atoms with Gasteiger partial charge in [-0.2, -0.15) is 0 Å². The van der Waals surface area contributed by atoms with Gasteiger partial charge < -0.3 is 10.2 Å². The Kier molecular flexibility index (Phi) is 5.86. The van der Waals surface area contributed by atoms with Crippen LogP contribution >= 0.6 is 11.3 Å². The molecule has 7 heteroatoms. The molecule has 4 rings (SSSR count). The van der Waals surface area contributed by atoms with Crippen LogP contribution in [0.25, 0.3) is 0 Å². The molecule has 6 nitrogen and oxygen atoms in total. The van der Waals surface area contributed by atoms with Crippen molar-refractivity contribution >= 4 is 28.4 Å². The minimum Gasteiger partial charge on any atom is -0.347 e. The van der Waals surface area contributed by atoms with Crippen molar-refractivity contribution in [2.24, 2.45) is 0 Å². The first-order valence-corrected chi connectivity index (χ1v) is 10.5. The SMILES string of the molecule is O=C(NCc1ccccc1)c1csc(N2CCN(CCc3ccccc3)C2=O)n1. The molecule has 0 aliphatic carbocycles. The summed E-state index contributed by atoms with van der Waals surface area (Å²) < 4.78 is 0. The normalized spacial score (nSPS) is 13.7. The van der Waals surface area contributed by atoms with Gasteiger partial charge >= 0.3 is 6.03 Å². The van der Waals surface area contributed by atoms with Crippen LogP contribution in [0.1, 0.15) is 21.6 Å². The topological polar surface area (TPSA) is 65.5 Å². The highest BCUT2D eigenvalue weighted by Gasteiger charge is 2.31. The lowest BCUT2D eigenvalue weighted by Crippen LogP contribution is -2.33. The van der Waals surface area contributed by atoms with E-state index in [4.69, 9.17) is 0 Å². The zero-order valence-electron chi connectivity index (χ0n) is 16.0. The van der Waals surface area contributed by atoms with Crippen molar-refractivity contribution < 1.29 is 9.59 Å². The van der Waals surface area contributed by atoms with Crippen LogP contribution in [0.5, 0.6) is 0 Å². The summed E-state index contributed by atoms with van der Waals surface area (Å²) >= 11 is 1.32. The third-order valence-electron chi connectivity index (χ3n) is 4.86. The zero-order chi connectivity index (χ0) is 20.1. The molecule has 1 aliphatic heterocycles. The van der Waals surface area contributed by atoms with Crippen molar-refractivity contribution in [1.29, 1.82) is 0 Å². The molecule has 2 aromatic carbocycles. The van der Waals surface area contributed by atoms with Crippen LogP contribution in [-0.2, 0) is 13.0 Å². The van der Waals surface area contributed by atoms with E-state index >= 15 is 0 Å². The molecule has 0 saturated carbocycles. The number of benzene rings is 2. The number of nitrogens with one attached hydrogen (secondary N) is 1. The van der Waals surface area contributed by atoms with Crippen molar-refractivity contribution in [3.8, 4) is 0 Å². The molecular formula is C22H22N4O2S. The Morgan fingerprint density at radius 2 is 1.69 bits per heavy atom. The average Bonchev–Trinajstić information content (AvgIpc) is 3.39. The first kappa shape index (κ1) is 19.1. The second-order valence-electron chi connectivity index (χ2n) is 6.84. The van der Waals surface area contributed by atoms with E-state index < -0.39 is 0 Å². The number of anilines is 1. The summed E-state index contributed by atoms with van der Waals surface area (Å²) in [5, 5.41) is 5.14. The first-order chi connectivity index (χ1) is 14.2. The van der Waals surface area contributed by atoms with Gasteiger partial charge in [0.05, 0.1) is 0 Å². The van der Waals surface area contributed by atoms with Crippen molar-refractivity contribution in [3.63, 3.8) is 0 Å². The Morgan fingerprint density at radius 1 is 1.00 bits per heavy atom. The molecule has 29 heavy (non-hydrogen) atoms. The number of carbonyl (C=O) groups is 2. The molecule has 3 aromatic rings. The molecule has 0 unspecified atom stereocenters. The molecule has 1 aromatic heterocycles. The fraction of sp³-hybridized carbons (Fsp3) is 0.227. The lowest BCUT2D eigenvalue weighted by molar-refractivity contribution is 0.0946. The van der Waals surface area contributed by atoms with Crippen LogP contribution in [-0.4, -0.2) is 41.5 Å². The van der Waals surface area contributed by atoms with Crippen LogP contribution in [0.15, 0.2) is 66.0 Å². The fourth-order valence-corrected chi connectivity index (χ4v) is 4.06. The summed E-state index contributed by atoms with van der Waals surface area (Å²) in [6.45, 7) is 2.38. The average molecular weight is 407 g/mol. The third kappa shape index (κ3) is 4.63. The van der Waals surface area contributed by atoms with E-state index in [1.165, 1.54) is 16.9 Å². The molecule has 2 heterocycles. The largest absolute Gasteiger partial charge is 0.347 e. The number of hydrogen-bond donors (Lipinski definition) is 1. The van der Waals surface area contributed by atoms with Gasteiger partial charge in [0, 0.05) is 31.6 Å². The summed E-state index contributed by atoms with van der Waals surface area (Å²) in [5.41, 5.74) is 2.59. The molecule has 0 atom stereocenters. The summed E-state index contributed by atoms with van der Waals surface area (Å²) in [6, 6.07) is 19.8. The quantitative estimate of drug-likeness (QED) is 0.652. The Balaban J connectivity index is 1.33. The molecule has 1 aliphatic rings. The second-order valence-corrected chi connectivity index (χ2v) is 7.68. The van der Waals surface area contributed by atoms with Gasteiger partial charge in [0.15, 0.2) is 5.13 Å². The highest BCUT2D eigenvalue weighted by Crippen LogP contribution is 2.25. The molecule has 3 amide bonds. The van der Waals surface area contributed by atoms with Gasteiger partial charge in [-0.15, -0.1) is 11.3 Å². The van der Waals surface area contributed by atoms with Crippen molar-refractivity contribution in [2.45, 2.75) is 13.0 Å².